The molecule has 0 atom stereocenters. The van der Waals surface area contributed by atoms with E-state index in [9.17, 15) is 23.3 Å². The van der Waals surface area contributed by atoms with Crippen LogP contribution in [-0.4, -0.2) is 49.9 Å². The number of nitro benzene ring substituents is 1. The molecule has 2 N–H and O–H groups in total. The highest BCUT2D eigenvalue weighted by molar-refractivity contribution is 7.89. The van der Waals surface area contributed by atoms with Crippen molar-refractivity contribution in [2.75, 3.05) is 25.5 Å². The summed E-state index contributed by atoms with van der Waals surface area (Å²) < 4.78 is 31.4. The van der Waals surface area contributed by atoms with Gasteiger partial charge >= 0.3 is 6.03 Å². The van der Waals surface area contributed by atoms with Gasteiger partial charge < -0.3 is 15.4 Å². The summed E-state index contributed by atoms with van der Waals surface area (Å²) in [6, 6.07) is 8.73. The molecule has 0 aromatic heterocycles. The van der Waals surface area contributed by atoms with Gasteiger partial charge in [0.2, 0.25) is 10.0 Å². The number of carbonyl (C=O) groups excluding carboxylic acids is 1. The molecule has 2 aromatic carbocycles. The lowest BCUT2D eigenvalue weighted by Crippen LogP contribution is -2.61. The summed E-state index contributed by atoms with van der Waals surface area (Å²) in [6.45, 7) is 0.242. The zero-order chi connectivity index (χ0) is 21.2. The molecule has 154 valence electrons. The molecule has 1 aliphatic rings. The Morgan fingerprint density at radius 3 is 2.45 bits per heavy atom. The van der Waals surface area contributed by atoms with Crippen molar-refractivity contribution in [3.63, 3.8) is 0 Å². The Kier molecular flexibility index (Phi) is 5.91. The van der Waals surface area contributed by atoms with Gasteiger partial charge in [0.15, 0.2) is 0 Å². The average molecular weight is 441 g/mol. The molecule has 29 heavy (non-hydrogen) atoms. The van der Waals surface area contributed by atoms with Gasteiger partial charge in [0.25, 0.3) is 5.69 Å². The minimum atomic E-state index is -3.65. The minimum absolute atomic E-state index is 0.0201. The molecule has 12 heteroatoms. The average Bonchev–Trinajstić information content (AvgIpc) is 2.65. The Hall–Kier alpha value is -2.89. The maximum absolute atomic E-state index is 12.6. The van der Waals surface area contributed by atoms with Gasteiger partial charge in [0.05, 0.1) is 33.7 Å². The molecule has 0 unspecified atom stereocenters. The number of non-ortho nitro benzene ring substituents is 1. The molecule has 0 bridgehead atoms. The van der Waals surface area contributed by atoms with Crippen LogP contribution in [0.1, 0.15) is 0 Å². The number of urea groups is 1. The molecule has 1 aliphatic heterocycles. The summed E-state index contributed by atoms with van der Waals surface area (Å²) in [6.07, 6.45) is 0. The maximum Gasteiger partial charge on any atom is 0.319 e. The molecule has 10 nitrogen and oxygen atoms in total. The fourth-order valence-electron chi connectivity index (χ4n) is 2.69. The van der Waals surface area contributed by atoms with Gasteiger partial charge in [-0.05, 0) is 30.3 Å². The summed E-state index contributed by atoms with van der Waals surface area (Å²) >= 11 is 5.93. The van der Waals surface area contributed by atoms with Gasteiger partial charge in [-0.2, -0.15) is 4.31 Å². The zero-order valence-corrected chi connectivity index (χ0v) is 16.7. The number of sulfonamides is 1. The van der Waals surface area contributed by atoms with Crippen molar-refractivity contribution in [3.05, 3.63) is 57.6 Å². The molecule has 2 amide bonds. The second-order valence-corrected chi connectivity index (χ2v) is 8.56. The fraction of sp³-hybridized carbons (Fsp3) is 0.235. The largest absolute Gasteiger partial charge is 0.497 e. The monoisotopic (exact) mass is 440 g/mol. The highest BCUT2D eigenvalue weighted by atomic mass is 35.5. The number of nitrogens with one attached hydrogen (secondary N) is 2. The molecule has 1 saturated heterocycles. The molecule has 3 rings (SSSR count). The van der Waals surface area contributed by atoms with Crippen LogP contribution in [0.15, 0.2) is 47.4 Å². The fourth-order valence-corrected chi connectivity index (χ4v) is 4.44. The normalized spacial score (nSPS) is 14.7. The first-order valence-electron chi connectivity index (χ1n) is 8.36. The van der Waals surface area contributed by atoms with E-state index in [0.29, 0.717) is 5.75 Å². The Morgan fingerprint density at radius 2 is 1.90 bits per heavy atom. The molecule has 1 heterocycles. The smallest absolute Gasteiger partial charge is 0.319 e. The maximum atomic E-state index is 12.6. The van der Waals surface area contributed by atoms with Gasteiger partial charge in [-0.15, -0.1) is 0 Å². The first-order valence-corrected chi connectivity index (χ1v) is 10.2. The SMILES string of the molecule is COc1ccc(S(=O)(=O)N2CC(NC(=O)Nc3ccc([N+](=O)[O-])cc3Cl)C2)cc1. The van der Waals surface area contributed by atoms with E-state index >= 15 is 0 Å². The molecule has 1 fully saturated rings. The number of carbonyl (C=O) groups is 1. The van der Waals surface area contributed by atoms with Crippen molar-refractivity contribution in [1.29, 1.82) is 0 Å². The number of ether oxygens (including phenoxy) is 1. The van der Waals surface area contributed by atoms with Crippen LogP contribution < -0.4 is 15.4 Å². The van der Waals surface area contributed by atoms with E-state index in [1.807, 2.05) is 0 Å². The van der Waals surface area contributed by atoms with Crippen LogP contribution in [0.4, 0.5) is 16.2 Å². The molecular weight excluding hydrogens is 424 g/mol. The Labute approximate surface area is 171 Å². The van der Waals surface area contributed by atoms with E-state index in [0.717, 1.165) is 6.07 Å². The number of hydrogen-bond acceptors (Lipinski definition) is 6. The quantitative estimate of drug-likeness (QED) is 0.524. The van der Waals surface area contributed by atoms with E-state index in [2.05, 4.69) is 10.6 Å². The standard InChI is InChI=1S/C17H17ClN4O6S/c1-28-13-3-5-14(6-4-13)29(26,27)21-9-11(10-21)19-17(23)20-16-7-2-12(22(24)25)8-15(16)18/h2-8,11H,9-10H2,1H3,(H2,19,20,23). The number of nitro groups is 1. The highest BCUT2D eigenvalue weighted by Crippen LogP contribution is 2.27. The van der Waals surface area contributed by atoms with Crippen molar-refractivity contribution >= 4 is 39.0 Å². The molecule has 0 radical (unpaired) electrons. The first kappa shape index (κ1) is 20.8. The Bertz CT molecular complexity index is 1040. The number of hydrogen-bond donors (Lipinski definition) is 2. The third-order valence-electron chi connectivity index (χ3n) is 4.29. The van der Waals surface area contributed by atoms with Crippen molar-refractivity contribution in [3.8, 4) is 5.75 Å². The van der Waals surface area contributed by atoms with E-state index in [1.165, 1.54) is 35.7 Å². The lowest BCUT2D eigenvalue weighted by atomic mass is 10.2. The van der Waals surface area contributed by atoms with Crippen LogP contribution in [0, 0.1) is 10.1 Å². The number of halogens is 1. The van der Waals surface area contributed by atoms with Crippen LogP contribution in [0.25, 0.3) is 0 Å². The van der Waals surface area contributed by atoms with E-state index in [-0.39, 0.29) is 40.4 Å². The van der Waals surface area contributed by atoms with Crippen LogP contribution in [0.5, 0.6) is 5.75 Å². The first-order chi connectivity index (χ1) is 13.7. The third-order valence-corrected chi connectivity index (χ3v) is 6.45. The van der Waals surface area contributed by atoms with Gasteiger partial charge in [0, 0.05) is 25.2 Å². The number of nitrogens with zero attached hydrogens (tertiary/aromatic N) is 2. The van der Waals surface area contributed by atoms with Crippen LogP contribution in [0.2, 0.25) is 5.02 Å². The second kappa shape index (κ2) is 8.23. The van der Waals surface area contributed by atoms with Crippen molar-refractivity contribution < 1.29 is 22.9 Å². The van der Waals surface area contributed by atoms with Gasteiger partial charge in [-0.1, -0.05) is 11.6 Å². The van der Waals surface area contributed by atoms with E-state index in [4.69, 9.17) is 16.3 Å². The molecular formula is C17H17ClN4O6S. The number of rotatable bonds is 6. The molecule has 0 aliphatic carbocycles. The lowest BCUT2D eigenvalue weighted by Gasteiger charge is -2.38. The minimum Gasteiger partial charge on any atom is -0.497 e. The zero-order valence-electron chi connectivity index (χ0n) is 15.2. The summed E-state index contributed by atoms with van der Waals surface area (Å²) in [4.78, 5) is 22.3. The Balaban J connectivity index is 1.54. The Morgan fingerprint density at radius 1 is 1.24 bits per heavy atom. The summed E-state index contributed by atoms with van der Waals surface area (Å²) in [7, 11) is -2.16. The second-order valence-electron chi connectivity index (χ2n) is 6.21. The highest BCUT2D eigenvalue weighted by Gasteiger charge is 2.37. The van der Waals surface area contributed by atoms with Crippen molar-refractivity contribution in [1.82, 2.24) is 9.62 Å². The molecule has 0 saturated carbocycles. The number of anilines is 1. The molecule has 0 spiro atoms. The van der Waals surface area contributed by atoms with Crippen LogP contribution in [-0.2, 0) is 10.0 Å². The van der Waals surface area contributed by atoms with Crippen LogP contribution >= 0.6 is 11.6 Å². The number of methoxy groups -OCH3 is 1. The number of benzene rings is 2. The number of amides is 2. The predicted octanol–water partition coefficient (Wildman–Crippen LogP) is 2.45. The van der Waals surface area contributed by atoms with Gasteiger partial charge in [0.1, 0.15) is 5.75 Å². The van der Waals surface area contributed by atoms with Crippen LogP contribution in [0.3, 0.4) is 0 Å². The molecule has 2 aromatic rings. The van der Waals surface area contributed by atoms with Crippen molar-refractivity contribution in [2.24, 2.45) is 0 Å². The van der Waals surface area contributed by atoms with Gasteiger partial charge in [-0.3, -0.25) is 10.1 Å². The van der Waals surface area contributed by atoms with E-state index < -0.39 is 21.0 Å². The summed E-state index contributed by atoms with van der Waals surface area (Å²) in [5, 5.41) is 15.9. The van der Waals surface area contributed by atoms with Crippen molar-refractivity contribution in [2.45, 2.75) is 10.9 Å². The predicted molar refractivity (Wildman–Crippen MR) is 106 cm³/mol. The van der Waals surface area contributed by atoms with E-state index in [1.54, 1.807) is 12.1 Å². The summed E-state index contributed by atoms with van der Waals surface area (Å²) in [5.41, 5.74) is 0.0103. The lowest BCUT2D eigenvalue weighted by molar-refractivity contribution is -0.384. The topological polar surface area (TPSA) is 131 Å². The van der Waals surface area contributed by atoms with Gasteiger partial charge in [-0.25, -0.2) is 13.2 Å². The summed E-state index contributed by atoms with van der Waals surface area (Å²) in [5.74, 6) is 0.550. The third kappa shape index (κ3) is 4.58.